The summed E-state index contributed by atoms with van der Waals surface area (Å²) >= 11 is 4.97. The van der Waals surface area contributed by atoms with Crippen molar-refractivity contribution in [2.45, 2.75) is 6.10 Å². The number of hydrogen-bond acceptors (Lipinski definition) is 4. The lowest BCUT2D eigenvalue weighted by Gasteiger charge is -2.10. The van der Waals surface area contributed by atoms with Crippen molar-refractivity contribution in [3.8, 4) is 11.5 Å². The third-order valence-electron chi connectivity index (χ3n) is 2.65. The highest BCUT2D eigenvalue weighted by molar-refractivity contribution is 9.10. The number of rotatable bonds is 2. The lowest BCUT2D eigenvalue weighted by atomic mass is 10.0. The van der Waals surface area contributed by atoms with E-state index in [1.54, 1.807) is 11.3 Å². The Hall–Kier alpha value is -1.04. The maximum atomic E-state index is 10.3. The Kier molecular flexibility index (Phi) is 2.82. The van der Waals surface area contributed by atoms with E-state index >= 15 is 0 Å². The molecule has 0 fully saturated rings. The predicted octanol–water partition coefficient (Wildman–Crippen LogP) is 3.32. The summed E-state index contributed by atoms with van der Waals surface area (Å²) in [7, 11) is 0. The van der Waals surface area contributed by atoms with Gasteiger partial charge in [0.15, 0.2) is 11.5 Å². The van der Waals surface area contributed by atoms with Gasteiger partial charge in [-0.15, -0.1) is 0 Å². The summed E-state index contributed by atoms with van der Waals surface area (Å²) in [5.74, 6) is 1.42. The van der Waals surface area contributed by atoms with E-state index in [9.17, 15) is 5.11 Å². The lowest BCUT2D eigenvalue weighted by Crippen LogP contribution is -1.98. The van der Waals surface area contributed by atoms with E-state index in [4.69, 9.17) is 9.47 Å². The third kappa shape index (κ3) is 1.94. The van der Waals surface area contributed by atoms with E-state index in [0.29, 0.717) is 5.75 Å². The van der Waals surface area contributed by atoms with Gasteiger partial charge in [0, 0.05) is 15.4 Å². The van der Waals surface area contributed by atoms with E-state index in [1.807, 2.05) is 29.0 Å². The molecule has 1 aliphatic heterocycles. The number of benzene rings is 1. The number of thiophene rings is 1. The molecule has 0 aliphatic carbocycles. The molecule has 2 aromatic rings. The van der Waals surface area contributed by atoms with E-state index in [2.05, 4.69) is 15.9 Å². The topological polar surface area (TPSA) is 38.7 Å². The van der Waals surface area contributed by atoms with Crippen molar-refractivity contribution in [3.05, 3.63) is 44.6 Å². The molecule has 5 heteroatoms. The molecule has 1 N–H and O–H groups in total. The average molecular weight is 313 g/mol. The van der Waals surface area contributed by atoms with Crippen molar-refractivity contribution < 1.29 is 14.6 Å². The number of ether oxygens (including phenoxy) is 2. The van der Waals surface area contributed by atoms with Crippen LogP contribution in [0, 0.1) is 0 Å². The van der Waals surface area contributed by atoms with Crippen LogP contribution in [0.25, 0.3) is 0 Å². The van der Waals surface area contributed by atoms with Gasteiger partial charge in [-0.1, -0.05) is 6.07 Å². The van der Waals surface area contributed by atoms with Crippen LogP contribution in [0.5, 0.6) is 11.5 Å². The number of hydrogen-bond donors (Lipinski definition) is 1. The van der Waals surface area contributed by atoms with Crippen molar-refractivity contribution >= 4 is 27.3 Å². The SMILES string of the molecule is OC(c1ccc2c(c1)OCO2)c1cscc1Br. The summed E-state index contributed by atoms with van der Waals surface area (Å²) in [4.78, 5) is 0. The number of halogens is 1. The molecule has 1 aliphatic rings. The minimum Gasteiger partial charge on any atom is -0.454 e. The van der Waals surface area contributed by atoms with Gasteiger partial charge in [-0.05, 0) is 39.0 Å². The molecule has 3 nitrogen and oxygen atoms in total. The van der Waals surface area contributed by atoms with E-state index < -0.39 is 6.10 Å². The summed E-state index contributed by atoms with van der Waals surface area (Å²) in [6.07, 6.45) is -0.648. The second kappa shape index (κ2) is 4.33. The zero-order chi connectivity index (χ0) is 11.8. The normalized spacial score (nSPS) is 14.9. The molecule has 1 atom stereocenters. The third-order valence-corrected chi connectivity index (χ3v) is 4.40. The molecule has 0 radical (unpaired) electrons. The molecule has 1 aromatic heterocycles. The molecule has 0 saturated carbocycles. The van der Waals surface area contributed by atoms with Crippen LogP contribution in [-0.4, -0.2) is 11.9 Å². The molecule has 0 spiro atoms. The largest absolute Gasteiger partial charge is 0.454 e. The number of fused-ring (bicyclic) bond motifs is 1. The summed E-state index contributed by atoms with van der Waals surface area (Å²) in [5, 5.41) is 14.2. The summed E-state index contributed by atoms with van der Waals surface area (Å²) in [5.41, 5.74) is 1.67. The minimum atomic E-state index is -0.648. The molecule has 0 saturated heterocycles. The summed E-state index contributed by atoms with van der Waals surface area (Å²) in [6.45, 7) is 0.247. The summed E-state index contributed by atoms with van der Waals surface area (Å²) in [6, 6.07) is 5.49. The predicted molar refractivity (Wildman–Crippen MR) is 68.6 cm³/mol. The number of aliphatic hydroxyl groups excluding tert-OH is 1. The van der Waals surface area contributed by atoms with Crippen molar-refractivity contribution in [2.75, 3.05) is 6.79 Å². The highest BCUT2D eigenvalue weighted by Crippen LogP contribution is 2.37. The van der Waals surface area contributed by atoms with Gasteiger partial charge in [-0.2, -0.15) is 11.3 Å². The Labute approximate surface area is 111 Å². The van der Waals surface area contributed by atoms with E-state index in [-0.39, 0.29) is 6.79 Å². The first-order valence-corrected chi connectivity index (χ1v) is 6.78. The standard InChI is InChI=1S/C12H9BrO3S/c13-9-5-17-4-8(9)12(14)7-1-2-10-11(3-7)16-6-15-10/h1-5,12,14H,6H2. The maximum Gasteiger partial charge on any atom is 0.231 e. The zero-order valence-corrected chi connectivity index (χ0v) is 11.1. The van der Waals surface area contributed by atoms with Crippen LogP contribution in [0.3, 0.4) is 0 Å². The molecule has 0 bridgehead atoms. The van der Waals surface area contributed by atoms with Gasteiger partial charge in [0.25, 0.3) is 0 Å². The smallest absolute Gasteiger partial charge is 0.231 e. The molecule has 1 aromatic carbocycles. The molecule has 2 heterocycles. The molecular formula is C12H9BrO3S. The second-order valence-electron chi connectivity index (χ2n) is 3.69. The monoisotopic (exact) mass is 312 g/mol. The van der Waals surface area contributed by atoms with Crippen LogP contribution >= 0.6 is 27.3 Å². The first-order valence-electron chi connectivity index (χ1n) is 5.05. The molecular weight excluding hydrogens is 304 g/mol. The van der Waals surface area contributed by atoms with Crippen LogP contribution in [-0.2, 0) is 0 Å². The fraction of sp³-hybridized carbons (Fsp3) is 0.167. The van der Waals surface area contributed by atoms with Gasteiger partial charge in [0.2, 0.25) is 6.79 Å². The zero-order valence-electron chi connectivity index (χ0n) is 8.72. The summed E-state index contributed by atoms with van der Waals surface area (Å²) < 4.78 is 11.5. The van der Waals surface area contributed by atoms with Crippen LogP contribution in [0.1, 0.15) is 17.2 Å². The van der Waals surface area contributed by atoms with Crippen LogP contribution in [0.2, 0.25) is 0 Å². The molecule has 3 rings (SSSR count). The van der Waals surface area contributed by atoms with Gasteiger partial charge in [0.1, 0.15) is 6.10 Å². The Balaban J connectivity index is 1.97. The van der Waals surface area contributed by atoms with E-state index in [1.165, 1.54) is 0 Å². The first kappa shape index (κ1) is 11.1. The van der Waals surface area contributed by atoms with Crippen molar-refractivity contribution in [3.63, 3.8) is 0 Å². The van der Waals surface area contributed by atoms with Crippen LogP contribution in [0.15, 0.2) is 33.4 Å². The van der Waals surface area contributed by atoms with Crippen LogP contribution in [0.4, 0.5) is 0 Å². The van der Waals surface area contributed by atoms with Gasteiger partial charge < -0.3 is 14.6 Å². The fourth-order valence-corrected chi connectivity index (χ4v) is 3.28. The highest BCUT2D eigenvalue weighted by Gasteiger charge is 2.19. The van der Waals surface area contributed by atoms with Gasteiger partial charge >= 0.3 is 0 Å². The van der Waals surface area contributed by atoms with E-state index in [0.717, 1.165) is 21.3 Å². The highest BCUT2D eigenvalue weighted by atomic mass is 79.9. The van der Waals surface area contributed by atoms with Gasteiger partial charge in [-0.25, -0.2) is 0 Å². The number of aliphatic hydroxyl groups is 1. The Morgan fingerprint density at radius 2 is 2.06 bits per heavy atom. The molecule has 0 amide bonds. The molecule has 88 valence electrons. The first-order chi connectivity index (χ1) is 8.25. The Morgan fingerprint density at radius 1 is 1.24 bits per heavy atom. The van der Waals surface area contributed by atoms with Crippen molar-refractivity contribution in [1.82, 2.24) is 0 Å². The quantitative estimate of drug-likeness (QED) is 0.924. The minimum absolute atomic E-state index is 0.247. The lowest BCUT2D eigenvalue weighted by molar-refractivity contribution is 0.173. The fourth-order valence-electron chi connectivity index (χ4n) is 1.75. The maximum absolute atomic E-state index is 10.3. The van der Waals surface area contributed by atoms with Crippen LogP contribution < -0.4 is 9.47 Å². The van der Waals surface area contributed by atoms with Gasteiger partial charge in [-0.3, -0.25) is 0 Å². The van der Waals surface area contributed by atoms with Gasteiger partial charge in [0.05, 0.1) is 0 Å². The van der Waals surface area contributed by atoms with Crippen molar-refractivity contribution in [2.24, 2.45) is 0 Å². The molecule has 17 heavy (non-hydrogen) atoms. The average Bonchev–Trinajstić information content (AvgIpc) is 2.95. The second-order valence-corrected chi connectivity index (χ2v) is 5.29. The van der Waals surface area contributed by atoms with Crippen molar-refractivity contribution in [1.29, 1.82) is 0 Å². The Bertz CT molecular complexity index is 552. The Morgan fingerprint density at radius 3 is 2.82 bits per heavy atom. The molecule has 1 unspecified atom stereocenters.